The van der Waals surface area contributed by atoms with Crippen LogP contribution in [0.4, 0.5) is 5.95 Å². The van der Waals surface area contributed by atoms with Crippen LogP contribution in [0.3, 0.4) is 0 Å². The SMILES string of the molecule is O=C(CCNS(=O)(=O)c1cccs1)Nc1ncn[nH]1. The number of aromatic amines is 1. The number of amides is 1. The highest BCUT2D eigenvalue weighted by Crippen LogP contribution is 2.14. The van der Waals surface area contributed by atoms with Crippen LogP contribution in [-0.4, -0.2) is 36.1 Å². The number of hydrogen-bond donors (Lipinski definition) is 3. The van der Waals surface area contributed by atoms with E-state index >= 15 is 0 Å². The molecule has 0 atom stereocenters. The topological polar surface area (TPSA) is 117 Å². The molecule has 0 bridgehead atoms. The molecule has 3 N–H and O–H groups in total. The molecule has 10 heteroatoms. The van der Waals surface area contributed by atoms with Crippen molar-refractivity contribution in [2.75, 3.05) is 11.9 Å². The van der Waals surface area contributed by atoms with Crippen LogP contribution in [0.1, 0.15) is 6.42 Å². The molecule has 2 aromatic rings. The maximum atomic E-state index is 11.7. The van der Waals surface area contributed by atoms with Crippen LogP contribution in [0.15, 0.2) is 28.0 Å². The second-order valence-corrected chi connectivity index (χ2v) is 6.40. The summed E-state index contributed by atoms with van der Waals surface area (Å²) in [6.07, 6.45) is 1.26. The number of carbonyl (C=O) groups is 1. The standard InChI is InChI=1S/C9H11N5O3S2/c15-7(13-9-10-6-11-14-9)3-4-12-19(16,17)8-2-1-5-18-8/h1-2,5-6,12H,3-4H2,(H2,10,11,13,14,15). The molecule has 2 aromatic heterocycles. The normalized spacial score (nSPS) is 11.4. The minimum absolute atomic E-state index is 0.00526. The molecule has 0 fully saturated rings. The third-order valence-corrected chi connectivity index (χ3v) is 4.94. The van der Waals surface area contributed by atoms with Crippen LogP contribution in [0.25, 0.3) is 0 Å². The fourth-order valence-corrected chi connectivity index (χ4v) is 3.32. The van der Waals surface area contributed by atoms with Gasteiger partial charge in [0.05, 0.1) is 0 Å². The smallest absolute Gasteiger partial charge is 0.250 e. The lowest BCUT2D eigenvalue weighted by Crippen LogP contribution is -2.27. The van der Waals surface area contributed by atoms with Crippen LogP contribution in [0.2, 0.25) is 0 Å². The van der Waals surface area contributed by atoms with E-state index in [0.29, 0.717) is 0 Å². The molecule has 8 nitrogen and oxygen atoms in total. The molecular weight excluding hydrogens is 290 g/mol. The lowest BCUT2D eigenvalue weighted by Gasteiger charge is -2.04. The molecule has 2 heterocycles. The molecule has 19 heavy (non-hydrogen) atoms. The number of H-pyrrole nitrogens is 1. The summed E-state index contributed by atoms with van der Waals surface area (Å²) in [5.41, 5.74) is 0. The van der Waals surface area contributed by atoms with E-state index in [0.717, 1.165) is 11.3 Å². The van der Waals surface area contributed by atoms with Gasteiger partial charge in [0.25, 0.3) is 0 Å². The Morgan fingerprint density at radius 1 is 1.47 bits per heavy atom. The molecule has 1 amide bonds. The Balaban J connectivity index is 1.79. The van der Waals surface area contributed by atoms with Crippen molar-refractivity contribution in [2.45, 2.75) is 10.6 Å². The van der Waals surface area contributed by atoms with E-state index < -0.39 is 10.0 Å². The summed E-state index contributed by atoms with van der Waals surface area (Å²) in [7, 11) is -3.52. The van der Waals surface area contributed by atoms with E-state index in [1.54, 1.807) is 11.4 Å². The molecule has 0 unspecified atom stereocenters. The van der Waals surface area contributed by atoms with E-state index in [1.165, 1.54) is 12.4 Å². The van der Waals surface area contributed by atoms with Gasteiger partial charge in [0.2, 0.25) is 21.9 Å². The van der Waals surface area contributed by atoms with Gasteiger partial charge in [-0.25, -0.2) is 18.2 Å². The number of nitrogens with zero attached hydrogens (tertiary/aromatic N) is 2. The zero-order valence-electron chi connectivity index (χ0n) is 9.66. The number of rotatable bonds is 6. The Hall–Kier alpha value is -1.78. The summed E-state index contributed by atoms with van der Waals surface area (Å²) in [4.78, 5) is 15.2. The van der Waals surface area contributed by atoms with Gasteiger partial charge in [0.15, 0.2) is 0 Å². The molecule has 0 saturated carbocycles. The van der Waals surface area contributed by atoms with Crippen LogP contribution >= 0.6 is 11.3 Å². The molecule has 0 saturated heterocycles. The molecule has 0 radical (unpaired) electrons. The Labute approximate surface area is 113 Å². The highest BCUT2D eigenvalue weighted by Gasteiger charge is 2.15. The van der Waals surface area contributed by atoms with Crippen molar-refractivity contribution in [3.8, 4) is 0 Å². The fourth-order valence-electron chi connectivity index (χ4n) is 1.25. The van der Waals surface area contributed by atoms with Gasteiger partial charge in [0.1, 0.15) is 10.5 Å². The fraction of sp³-hybridized carbons (Fsp3) is 0.222. The lowest BCUT2D eigenvalue weighted by molar-refractivity contribution is -0.116. The zero-order valence-corrected chi connectivity index (χ0v) is 11.3. The van der Waals surface area contributed by atoms with Gasteiger partial charge in [-0.05, 0) is 11.4 Å². The van der Waals surface area contributed by atoms with Gasteiger partial charge in [-0.15, -0.1) is 11.3 Å². The van der Waals surface area contributed by atoms with Crippen molar-refractivity contribution in [2.24, 2.45) is 0 Å². The monoisotopic (exact) mass is 301 g/mol. The number of carbonyl (C=O) groups excluding carboxylic acids is 1. The first kappa shape index (κ1) is 13.6. The van der Waals surface area contributed by atoms with Crippen molar-refractivity contribution < 1.29 is 13.2 Å². The van der Waals surface area contributed by atoms with E-state index in [-0.39, 0.29) is 29.0 Å². The number of hydrogen-bond acceptors (Lipinski definition) is 6. The minimum atomic E-state index is -3.52. The van der Waals surface area contributed by atoms with Crippen LogP contribution in [0.5, 0.6) is 0 Å². The summed E-state index contributed by atoms with van der Waals surface area (Å²) in [6, 6.07) is 3.15. The lowest BCUT2D eigenvalue weighted by atomic mass is 10.4. The minimum Gasteiger partial charge on any atom is -0.295 e. The van der Waals surface area contributed by atoms with E-state index in [1.807, 2.05) is 0 Å². The van der Waals surface area contributed by atoms with Crippen LogP contribution in [-0.2, 0) is 14.8 Å². The van der Waals surface area contributed by atoms with E-state index in [9.17, 15) is 13.2 Å². The first-order valence-electron chi connectivity index (χ1n) is 5.26. The van der Waals surface area contributed by atoms with Crippen molar-refractivity contribution in [3.63, 3.8) is 0 Å². The predicted octanol–water partition coefficient (Wildman–Crippen LogP) is 0.173. The maximum Gasteiger partial charge on any atom is 0.250 e. The number of thiophene rings is 1. The summed E-state index contributed by atoms with van der Waals surface area (Å²) in [6.45, 7) is 0.0141. The Bertz CT molecular complexity index is 621. The molecule has 0 aromatic carbocycles. The Kier molecular flexibility index (Phi) is 4.24. The molecule has 0 aliphatic heterocycles. The Morgan fingerprint density at radius 2 is 2.32 bits per heavy atom. The summed E-state index contributed by atoms with van der Waals surface area (Å²) < 4.78 is 26.0. The highest BCUT2D eigenvalue weighted by atomic mass is 32.2. The average molecular weight is 301 g/mol. The van der Waals surface area contributed by atoms with Crippen molar-refractivity contribution in [1.82, 2.24) is 19.9 Å². The molecule has 0 aliphatic rings. The van der Waals surface area contributed by atoms with Gasteiger partial charge >= 0.3 is 0 Å². The molecular formula is C9H11N5O3S2. The quantitative estimate of drug-likeness (QED) is 0.703. The van der Waals surface area contributed by atoms with Crippen molar-refractivity contribution in [1.29, 1.82) is 0 Å². The van der Waals surface area contributed by atoms with Crippen LogP contribution < -0.4 is 10.0 Å². The molecule has 0 aliphatic carbocycles. The van der Waals surface area contributed by atoms with Gasteiger partial charge in [0, 0.05) is 13.0 Å². The number of sulfonamides is 1. The largest absolute Gasteiger partial charge is 0.295 e. The predicted molar refractivity (Wildman–Crippen MR) is 69.1 cm³/mol. The van der Waals surface area contributed by atoms with E-state index in [2.05, 4.69) is 25.2 Å². The van der Waals surface area contributed by atoms with Gasteiger partial charge in [-0.2, -0.15) is 10.1 Å². The second kappa shape index (κ2) is 5.91. The maximum absolute atomic E-state index is 11.7. The average Bonchev–Trinajstić information content (AvgIpc) is 3.00. The summed E-state index contributed by atoms with van der Waals surface area (Å²) in [5, 5.41) is 10.1. The van der Waals surface area contributed by atoms with Crippen molar-refractivity contribution in [3.05, 3.63) is 23.8 Å². The summed E-state index contributed by atoms with van der Waals surface area (Å²) in [5.74, 6) is -0.128. The zero-order chi connectivity index (χ0) is 13.7. The first-order chi connectivity index (χ1) is 9.08. The van der Waals surface area contributed by atoms with Gasteiger partial charge < -0.3 is 0 Å². The van der Waals surface area contributed by atoms with E-state index in [4.69, 9.17) is 0 Å². The summed E-state index contributed by atoms with van der Waals surface area (Å²) >= 11 is 1.12. The number of nitrogens with one attached hydrogen (secondary N) is 3. The van der Waals surface area contributed by atoms with Crippen LogP contribution in [0, 0.1) is 0 Å². The molecule has 102 valence electrons. The Morgan fingerprint density at radius 3 is 2.95 bits per heavy atom. The molecule has 0 spiro atoms. The van der Waals surface area contributed by atoms with Gasteiger partial charge in [-0.1, -0.05) is 6.07 Å². The third kappa shape index (κ3) is 3.84. The number of aromatic nitrogens is 3. The third-order valence-electron chi connectivity index (χ3n) is 2.08. The molecule has 2 rings (SSSR count). The second-order valence-electron chi connectivity index (χ2n) is 3.46. The number of anilines is 1. The first-order valence-corrected chi connectivity index (χ1v) is 7.62. The van der Waals surface area contributed by atoms with Crippen molar-refractivity contribution >= 4 is 33.2 Å². The highest BCUT2D eigenvalue weighted by molar-refractivity contribution is 7.91. The van der Waals surface area contributed by atoms with Gasteiger partial charge in [-0.3, -0.25) is 10.1 Å².